The lowest BCUT2D eigenvalue weighted by molar-refractivity contribution is -0.120. The maximum absolute atomic E-state index is 11.9. The summed E-state index contributed by atoms with van der Waals surface area (Å²) in [6.07, 6.45) is 12.2. The van der Waals surface area contributed by atoms with Gasteiger partial charge in [-0.3, -0.25) is 10.1 Å². The standard InChI is InChI=1S/C13H15N3O/c17-12-10-7-3-4-8-11(10)15-13(16-12)14-9-5-1-2-6-9/h3-4,7-10H,1-2,5-6H2,(H,14,16,17). The minimum Gasteiger partial charge on any atom is -0.294 e. The van der Waals surface area contributed by atoms with Gasteiger partial charge in [0.1, 0.15) is 0 Å². The van der Waals surface area contributed by atoms with Gasteiger partial charge in [0, 0.05) is 0 Å². The number of carbonyl (C=O) groups excluding carboxylic acids is 1. The van der Waals surface area contributed by atoms with E-state index in [1.54, 1.807) is 0 Å². The minimum absolute atomic E-state index is 0.0210. The molecule has 1 aliphatic heterocycles. The van der Waals surface area contributed by atoms with Gasteiger partial charge in [0.15, 0.2) is 0 Å². The van der Waals surface area contributed by atoms with Crippen molar-refractivity contribution in [2.45, 2.75) is 31.7 Å². The second kappa shape index (κ2) is 4.28. The highest BCUT2D eigenvalue weighted by Crippen LogP contribution is 2.22. The van der Waals surface area contributed by atoms with Gasteiger partial charge >= 0.3 is 0 Å². The van der Waals surface area contributed by atoms with Gasteiger partial charge in [-0.05, 0) is 18.9 Å². The van der Waals surface area contributed by atoms with Crippen LogP contribution < -0.4 is 5.32 Å². The van der Waals surface area contributed by atoms with Gasteiger partial charge in [-0.25, -0.2) is 9.98 Å². The van der Waals surface area contributed by atoms with Crippen molar-refractivity contribution < 1.29 is 4.79 Å². The van der Waals surface area contributed by atoms with Crippen LogP contribution in [0.25, 0.3) is 0 Å². The van der Waals surface area contributed by atoms with E-state index in [4.69, 9.17) is 0 Å². The Morgan fingerprint density at radius 3 is 2.94 bits per heavy atom. The predicted octanol–water partition coefficient (Wildman–Crippen LogP) is 1.60. The molecule has 0 aromatic rings. The quantitative estimate of drug-likeness (QED) is 0.729. The molecular weight excluding hydrogens is 214 g/mol. The normalized spacial score (nSPS) is 30.4. The van der Waals surface area contributed by atoms with Crippen molar-refractivity contribution in [2.24, 2.45) is 15.9 Å². The largest absolute Gasteiger partial charge is 0.294 e. The van der Waals surface area contributed by atoms with Gasteiger partial charge in [-0.15, -0.1) is 0 Å². The van der Waals surface area contributed by atoms with Gasteiger partial charge in [0.05, 0.1) is 17.7 Å². The molecule has 3 rings (SSSR count). The number of nitrogens with zero attached hydrogens (tertiary/aromatic N) is 2. The fraction of sp³-hybridized carbons (Fsp3) is 0.462. The molecule has 4 nitrogen and oxygen atoms in total. The first kappa shape index (κ1) is 10.4. The number of rotatable bonds is 1. The first-order valence-electron chi connectivity index (χ1n) is 6.15. The van der Waals surface area contributed by atoms with E-state index in [0.717, 1.165) is 18.6 Å². The van der Waals surface area contributed by atoms with E-state index in [9.17, 15) is 4.79 Å². The maximum atomic E-state index is 11.9. The smallest absolute Gasteiger partial charge is 0.239 e. The SMILES string of the molecule is O=C1NC(=NC2CCCC2)N=C2C=CC=CC12. The Bertz CT molecular complexity index is 453. The van der Waals surface area contributed by atoms with Crippen molar-refractivity contribution in [3.8, 4) is 0 Å². The molecule has 1 fully saturated rings. The zero-order chi connectivity index (χ0) is 11.7. The summed E-state index contributed by atoms with van der Waals surface area (Å²) >= 11 is 0. The molecule has 1 saturated carbocycles. The fourth-order valence-electron chi connectivity index (χ4n) is 2.47. The Kier molecular flexibility index (Phi) is 2.63. The molecule has 0 saturated heterocycles. The molecule has 1 unspecified atom stereocenters. The van der Waals surface area contributed by atoms with E-state index < -0.39 is 0 Å². The lowest BCUT2D eigenvalue weighted by atomic mass is 9.96. The van der Waals surface area contributed by atoms with Crippen molar-refractivity contribution in [1.82, 2.24) is 5.32 Å². The number of hydrogen-bond acceptors (Lipinski definition) is 2. The highest BCUT2D eigenvalue weighted by atomic mass is 16.2. The number of hydrogen-bond donors (Lipinski definition) is 1. The lowest BCUT2D eigenvalue weighted by Crippen LogP contribution is -2.43. The summed E-state index contributed by atoms with van der Waals surface area (Å²) in [5.74, 6) is 0.239. The van der Waals surface area contributed by atoms with Crippen molar-refractivity contribution in [2.75, 3.05) is 0 Å². The van der Waals surface area contributed by atoms with E-state index in [1.165, 1.54) is 12.8 Å². The van der Waals surface area contributed by atoms with Crippen molar-refractivity contribution in [3.05, 3.63) is 24.3 Å². The second-order valence-electron chi connectivity index (χ2n) is 4.64. The van der Waals surface area contributed by atoms with E-state index in [1.807, 2.05) is 24.3 Å². The Balaban J connectivity index is 1.86. The molecule has 0 bridgehead atoms. The number of amides is 1. The molecule has 0 aromatic heterocycles. The summed E-state index contributed by atoms with van der Waals surface area (Å²) in [6, 6.07) is 0.342. The third-order valence-electron chi connectivity index (χ3n) is 3.38. The Morgan fingerprint density at radius 1 is 1.29 bits per heavy atom. The van der Waals surface area contributed by atoms with Crippen LogP contribution in [0.1, 0.15) is 25.7 Å². The average molecular weight is 229 g/mol. The van der Waals surface area contributed by atoms with Crippen LogP contribution in [0, 0.1) is 5.92 Å². The van der Waals surface area contributed by atoms with Gasteiger partial charge in [-0.2, -0.15) is 0 Å². The molecule has 88 valence electrons. The summed E-state index contributed by atoms with van der Waals surface area (Å²) in [5, 5.41) is 2.78. The van der Waals surface area contributed by atoms with Crippen LogP contribution in [0.2, 0.25) is 0 Å². The summed E-state index contributed by atoms with van der Waals surface area (Å²) < 4.78 is 0. The Hall–Kier alpha value is -1.71. The van der Waals surface area contributed by atoms with Crippen LogP contribution in [-0.2, 0) is 4.79 Å². The summed E-state index contributed by atoms with van der Waals surface area (Å²) in [6.45, 7) is 0. The molecule has 4 heteroatoms. The third kappa shape index (κ3) is 2.07. The molecule has 0 aromatic carbocycles. The number of nitrogens with one attached hydrogen (secondary N) is 1. The van der Waals surface area contributed by atoms with Crippen LogP contribution in [-0.4, -0.2) is 23.6 Å². The molecule has 2 aliphatic carbocycles. The van der Waals surface area contributed by atoms with E-state index in [-0.39, 0.29) is 11.8 Å². The van der Waals surface area contributed by atoms with Crippen LogP contribution in [0.5, 0.6) is 0 Å². The summed E-state index contributed by atoms with van der Waals surface area (Å²) in [5.41, 5.74) is 0.799. The molecule has 0 spiro atoms. The number of carbonyl (C=O) groups is 1. The van der Waals surface area contributed by atoms with Gasteiger partial charge in [0.25, 0.3) is 0 Å². The number of allylic oxidation sites excluding steroid dienone is 3. The summed E-state index contributed by atoms with van der Waals surface area (Å²) in [4.78, 5) is 20.8. The maximum Gasteiger partial charge on any atom is 0.239 e. The molecule has 1 amide bonds. The van der Waals surface area contributed by atoms with Crippen LogP contribution in [0.15, 0.2) is 34.3 Å². The van der Waals surface area contributed by atoms with Crippen molar-refractivity contribution in [3.63, 3.8) is 0 Å². The second-order valence-corrected chi connectivity index (χ2v) is 4.64. The molecule has 1 N–H and O–H groups in total. The highest BCUT2D eigenvalue weighted by Gasteiger charge is 2.28. The summed E-state index contributed by atoms with van der Waals surface area (Å²) in [7, 11) is 0. The van der Waals surface area contributed by atoms with Crippen molar-refractivity contribution in [1.29, 1.82) is 0 Å². The molecule has 3 aliphatic rings. The van der Waals surface area contributed by atoms with Crippen LogP contribution in [0.3, 0.4) is 0 Å². The predicted molar refractivity (Wildman–Crippen MR) is 67.0 cm³/mol. The Labute approximate surface area is 100 Å². The molecule has 0 radical (unpaired) electrons. The fourth-order valence-corrected chi connectivity index (χ4v) is 2.47. The number of aliphatic imine (C=N–C) groups is 2. The number of guanidine groups is 1. The molecular formula is C13H15N3O. The highest BCUT2D eigenvalue weighted by molar-refractivity contribution is 6.22. The first-order valence-corrected chi connectivity index (χ1v) is 6.15. The van der Waals surface area contributed by atoms with Gasteiger partial charge < -0.3 is 0 Å². The average Bonchev–Trinajstić information content (AvgIpc) is 2.82. The van der Waals surface area contributed by atoms with E-state index >= 15 is 0 Å². The molecule has 1 heterocycles. The monoisotopic (exact) mass is 229 g/mol. The number of fused-ring (bicyclic) bond motifs is 1. The minimum atomic E-state index is -0.234. The molecule has 17 heavy (non-hydrogen) atoms. The zero-order valence-corrected chi connectivity index (χ0v) is 9.60. The van der Waals surface area contributed by atoms with Gasteiger partial charge in [-0.1, -0.05) is 31.1 Å². The topological polar surface area (TPSA) is 53.8 Å². The lowest BCUT2D eigenvalue weighted by Gasteiger charge is -2.21. The van der Waals surface area contributed by atoms with Gasteiger partial charge in [0.2, 0.25) is 11.9 Å². The van der Waals surface area contributed by atoms with E-state index in [2.05, 4.69) is 15.3 Å². The zero-order valence-electron chi connectivity index (χ0n) is 9.60. The van der Waals surface area contributed by atoms with Crippen LogP contribution >= 0.6 is 0 Å². The Morgan fingerprint density at radius 2 is 2.12 bits per heavy atom. The molecule has 1 atom stereocenters. The van der Waals surface area contributed by atoms with E-state index in [0.29, 0.717) is 12.0 Å². The third-order valence-corrected chi connectivity index (χ3v) is 3.38. The first-order chi connectivity index (χ1) is 8.33. The van der Waals surface area contributed by atoms with Crippen molar-refractivity contribution >= 4 is 17.6 Å². The van der Waals surface area contributed by atoms with Crippen LogP contribution in [0.4, 0.5) is 0 Å².